The van der Waals surface area contributed by atoms with Crippen LogP contribution in [0.4, 0.5) is 0 Å². The second kappa shape index (κ2) is 11.5. The molecule has 2 heteroatoms. The first-order chi connectivity index (χ1) is 10.6. The van der Waals surface area contributed by atoms with Gasteiger partial charge in [0.2, 0.25) is 0 Å². The molecular weight excluding hydrogens is 272 g/mol. The molecule has 0 aliphatic carbocycles. The lowest BCUT2D eigenvalue weighted by Gasteiger charge is -2.34. The molecule has 2 unspecified atom stereocenters. The van der Waals surface area contributed by atoms with Crippen LogP contribution in [0.1, 0.15) is 98.3 Å². The molecule has 0 amide bonds. The maximum atomic E-state index is 6.05. The number of hydrogen-bond acceptors (Lipinski definition) is 2. The fraction of sp³-hybridized carbons (Fsp3) is 1.00. The molecule has 0 saturated carbocycles. The van der Waals surface area contributed by atoms with Gasteiger partial charge in [0.15, 0.2) is 0 Å². The van der Waals surface area contributed by atoms with Gasteiger partial charge in [0, 0.05) is 6.61 Å². The second-order valence-electron chi connectivity index (χ2n) is 7.53. The quantitative estimate of drug-likeness (QED) is 0.268. The topological polar surface area (TPSA) is 21.8 Å². The molecule has 2 atom stereocenters. The van der Waals surface area contributed by atoms with Gasteiger partial charge in [-0.15, -0.1) is 0 Å². The monoisotopic (exact) mass is 312 g/mol. The van der Waals surface area contributed by atoms with Crippen molar-refractivity contribution >= 4 is 0 Å². The summed E-state index contributed by atoms with van der Waals surface area (Å²) in [7, 11) is 0. The Balaban J connectivity index is 2.22. The van der Waals surface area contributed by atoms with E-state index in [9.17, 15) is 0 Å². The Labute approximate surface area is 139 Å². The van der Waals surface area contributed by atoms with Gasteiger partial charge in [0.25, 0.3) is 0 Å². The predicted octanol–water partition coefficient (Wildman–Crippen LogP) is 6.13. The molecule has 0 spiro atoms. The van der Waals surface area contributed by atoms with E-state index in [1.54, 1.807) is 0 Å². The average Bonchev–Trinajstić information content (AvgIpc) is 3.28. The first kappa shape index (κ1) is 20.0. The number of hydrogen-bond donors (Lipinski definition) is 0. The van der Waals surface area contributed by atoms with Gasteiger partial charge in [-0.1, -0.05) is 58.3 Å². The van der Waals surface area contributed by atoms with Crippen molar-refractivity contribution in [2.24, 2.45) is 5.92 Å². The van der Waals surface area contributed by atoms with Crippen molar-refractivity contribution in [1.29, 1.82) is 0 Å². The Hall–Kier alpha value is -0.0800. The minimum absolute atomic E-state index is 0.0360. The van der Waals surface area contributed by atoms with Crippen LogP contribution in [0.3, 0.4) is 0 Å². The molecule has 0 N–H and O–H groups in total. The maximum absolute atomic E-state index is 6.05. The van der Waals surface area contributed by atoms with Crippen LogP contribution in [0.5, 0.6) is 0 Å². The highest BCUT2D eigenvalue weighted by molar-refractivity contribution is 4.80. The van der Waals surface area contributed by atoms with Gasteiger partial charge in [-0.3, -0.25) is 0 Å². The van der Waals surface area contributed by atoms with Crippen molar-refractivity contribution in [3.8, 4) is 0 Å². The van der Waals surface area contributed by atoms with Crippen molar-refractivity contribution in [3.63, 3.8) is 0 Å². The van der Waals surface area contributed by atoms with E-state index in [4.69, 9.17) is 9.47 Å². The summed E-state index contributed by atoms with van der Waals surface area (Å²) in [5.74, 6) is 0.707. The smallest absolute Gasteiger partial charge is 0.0810 e. The van der Waals surface area contributed by atoms with Crippen molar-refractivity contribution in [2.75, 3.05) is 13.2 Å². The molecule has 0 radical (unpaired) electrons. The molecule has 0 aromatic rings. The van der Waals surface area contributed by atoms with E-state index in [2.05, 4.69) is 27.7 Å². The zero-order chi connectivity index (χ0) is 16.3. The third-order valence-electron chi connectivity index (χ3n) is 5.14. The van der Waals surface area contributed by atoms with Crippen LogP contribution in [-0.2, 0) is 9.47 Å². The zero-order valence-corrected chi connectivity index (χ0v) is 15.7. The van der Waals surface area contributed by atoms with Crippen LogP contribution in [0, 0.1) is 5.92 Å². The molecule has 1 saturated heterocycles. The van der Waals surface area contributed by atoms with Crippen LogP contribution in [-0.4, -0.2) is 24.9 Å². The molecule has 2 nitrogen and oxygen atoms in total. The Morgan fingerprint density at radius 1 is 0.955 bits per heavy atom. The summed E-state index contributed by atoms with van der Waals surface area (Å²) in [4.78, 5) is 0. The normalized spacial score (nSPS) is 19.4. The molecule has 22 heavy (non-hydrogen) atoms. The van der Waals surface area contributed by atoms with E-state index in [0.29, 0.717) is 12.0 Å². The molecule has 1 aliphatic heterocycles. The van der Waals surface area contributed by atoms with E-state index < -0.39 is 0 Å². The lowest BCUT2D eigenvalue weighted by Crippen LogP contribution is -2.34. The number of unbranched alkanes of at least 4 members (excludes halogenated alkanes) is 6. The zero-order valence-electron chi connectivity index (χ0n) is 15.7. The Kier molecular flexibility index (Phi) is 10.4. The number of rotatable bonds is 15. The van der Waals surface area contributed by atoms with Crippen LogP contribution in [0.25, 0.3) is 0 Å². The number of ether oxygens (including phenoxy) is 2. The van der Waals surface area contributed by atoms with Gasteiger partial charge < -0.3 is 9.47 Å². The van der Waals surface area contributed by atoms with Crippen molar-refractivity contribution in [1.82, 2.24) is 0 Å². The standard InChI is InChI=1S/C20H40O2/c1-5-7-8-9-10-11-14-18(20(3,4)22-6-2)15-12-13-16-19-17-21-19/h18-19H,5-17H2,1-4H3. The van der Waals surface area contributed by atoms with Crippen LogP contribution >= 0.6 is 0 Å². The van der Waals surface area contributed by atoms with Crippen LogP contribution in [0.15, 0.2) is 0 Å². The largest absolute Gasteiger partial charge is 0.376 e. The Morgan fingerprint density at radius 2 is 1.55 bits per heavy atom. The summed E-state index contributed by atoms with van der Waals surface area (Å²) in [5, 5.41) is 0. The van der Waals surface area contributed by atoms with Gasteiger partial charge in [-0.25, -0.2) is 0 Å². The first-order valence-electron chi connectivity index (χ1n) is 9.85. The minimum atomic E-state index is 0.0360. The van der Waals surface area contributed by atoms with Gasteiger partial charge in [-0.05, 0) is 46.0 Å². The summed E-state index contributed by atoms with van der Waals surface area (Å²) >= 11 is 0. The third-order valence-corrected chi connectivity index (χ3v) is 5.14. The van der Waals surface area contributed by atoms with E-state index in [1.165, 1.54) is 70.6 Å². The van der Waals surface area contributed by atoms with Gasteiger partial charge in [0.05, 0.1) is 18.3 Å². The van der Waals surface area contributed by atoms with Crippen molar-refractivity contribution < 1.29 is 9.47 Å². The van der Waals surface area contributed by atoms with Crippen molar-refractivity contribution in [2.45, 2.75) is 110 Å². The first-order valence-corrected chi connectivity index (χ1v) is 9.85. The molecule has 1 rings (SSSR count). The van der Waals surface area contributed by atoms with Gasteiger partial charge >= 0.3 is 0 Å². The van der Waals surface area contributed by atoms with Crippen LogP contribution in [0.2, 0.25) is 0 Å². The van der Waals surface area contributed by atoms with E-state index in [1.807, 2.05) is 0 Å². The lowest BCUT2D eigenvalue weighted by atomic mass is 9.82. The van der Waals surface area contributed by atoms with E-state index in [0.717, 1.165) is 13.2 Å². The summed E-state index contributed by atoms with van der Waals surface area (Å²) in [6.07, 6.45) is 15.5. The molecular formula is C20H40O2. The van der Waals surface area contributed by atoms with E-state index >= 15 is 0 Å². The van der Waals surface area contributed by atoms with E-state index in [-0.39, 0.29) is 5.60 Å². The highest BCUT2D eigenvalue weighted by atomic mass is 16.6. The molecule has 0 bridgehead atoms. The Bertz CT molecular complexity index is 258. The summed E-state index contributed by atoms with van der Waals surface area (Å²) in [6, 6.07) is 0. The van der Waals surface area contributed by atoms with Crippen LogP contribution < -0.4 is 0 Å². The highest BCUT2D eigenvalue weighted by Gasteiger charge is 2.29. The average molecular weight is 313 g/mol. The fourth-order valence-corrected chi connectivity index (χ4v) is 3.50. The Morgan fingerprint density at radius 3 is 2.14 bits per heavy atom. The number of epoxide rings is 1. The summed E-state index contributed by atoms with van der Waals surface area (Å²) in [6.45, 7) is 10.8. The van der Waals surface area contributed by atoms with Gasteiger partial charge in [-0.2, -0.15) is 0 Å². The summed E-state index contributed by atoms with van der Waals surface area (Å²) < 4.78 is 11.4. The maximum Gasteiger partial charge on any atom is 0.0810 e. The molecule has 0 aromatic carbocycles. The summed E-state index contributed by atoms with van der Waals surface area (Å²) in [5.41, 5.74) is 0.0360. The molecule has 1 aliphatic rings. The molecule has 1 fully saturated rings. The predicted molar refractivity (Wildman–Crippen MR) is 95.4 cm³/mol. The fourth-order valence-electron chi connectivity index (χ4n) is 3.50. The molecule has 1 heterocycles. The molecule has 132 valence electrons. The lowest BCUT2D eigenvalue weighted by molar-refractivity contribution is -0.0605. The molecule has 0 aromatic heterocycles. The third kappa shape index (κ3) is 9.15. The van der Waals surface area contributed by atoms with Gasteiger partial charge in [0.1, 0.15) is 0 Å². The minimum Gasteiger partial charge on any atom is -0.376 e. The van der Waals surface area contributed by atoms with Crippen molar-refractivity contribution in [3.05, 3.63) is 0 Å². The SMILES string of the molecule is CCCCCCCCC(CCCCC1CO1)C(C)(C)OCC. The highest BCUT2D eigenvalue weighted by Crippen LogP contribution is 2.32. The second-order valence-corrected chi connectivity index (χ2v) is 7.53.